The molecule has 0 radical (unpaired) electrons. The van der Waals surface area contributed by atoms with Gasteiger partial charge in [-0.15, -0.1) is 0 Å². The van der Waals surface area contributed by atoms with Crippen molar-refractivity contribution >= 4 is 17.5 Å². The van der Waals surface area contributed by atoms with E-state index in [1.165, 1.54) is 0 Å². The molecule has 0 saturated carbocycles. The molecule has 2 amide bonds. The Morgan fingerprint density at radius 1 is 1.11 bits per heavy atom. The normalized spacial score (nSPS) is 13.6. The summed E-state index contributed by atoms with van der Waals surface area (Å²) >= 11 is 0. The van der Waals surface area contributed by atoms with Crippen molar-refractivity contribution in [2.24, 2.45) is 5.41 Å². The minimum atomic E-state index is -0.450. The number of nitrogens with one attached hydrogen (secondary N) is 3. The lowest BCUT2D eigenvalue weighted by Gasteiger charge is -2.19. The number of fused-ring (bicyclic) bond motifs is 1. The molecule has 0 saturated heterocycles. The monoisotopic (exact) mass is 383 g/mol. The van der Waals surface area contributed by atoms with E-state index in [4.69, 9.17) is 0 Å². The summed E-state index contributed by atoms with van der Waals surface area (Å²) < 4.78 is 14.7. The molecule has 1 heterocycles. The third-order valence-electron chi connectivity index (χ3n) is 4.81. The summed E-state index contributed by atoms with van der Waals surface area (Å²) in [4.78, 5) is 24.4. The largest absolute Gasteiger partial charge is 0.352 e. The van der Waals surface area contributed by atoms with Gasteiger partial charge in [0.05, 0.1) is 5.69 Å². The molecule has 3 N–H and O–H groups in total. The summed E-state index contributed by atoms with van der Waals surface area (Å²) in [5.74, 6) is -0.751. The Bertz CT molecular complexity index is 886. The van der Waals surface area contributed by atoms with Gasteiger partial charge in [-0.05, 0) is 47.9 Å². The topological polar surface area (TPSA) is 70.2 Å². The maximum atomic E-state index is 14.7. The average molecular weight is 383 g/mol. The smallest absolute Gasteiger partial charge is 0.255 e. The van der Waals surface area contributed by atoms with Crippen LogP contribution in [0.3, 0.4) is 0 Å². The highest BCUT2D eigenvalue weighted by molar-refractivity contribution is 6.04. The van der Waals surface area contributed by atoms with Crippen molar-refractivity contribution in [3.8, 4) is 0 Å². The van der Waals surface area contributed by atoms with Crippen LogP contribution in [-0.2, 0) is 24.3 Å². The van der Waals surface area contributed by atoms with E-state index in [-0.39, 0.29) is 23.3 Å². The van der Waals surface area contributed by atoms with Crippen LogP contribution in [0, 0.1) is 11.2 Å². The molecule has 0 spiro atoms. The first-order valence-corrected chi connectivity index (χ1v) is 9.45. The van der Waals surface area contributed by atoms with Crippen molar-refractivity contribution < 1.29 is 14.0 Å². The number of hydrogen-bond acceptors (Lipinski definition) is 3. The summed E-state index contributed by atoms with van der Waals surface area (Å²) in [7, 11) is 0. The summed E-state index contributed by atoms with van der Waals surface area (Å²) in [6.45, 7) is 7.33. The van der Waals surface area contributed by atoms with Crippen LogP contribution in [0.15, 0.2) is 36.4 Å². The van der Waals surface area contributed by atoms with Crippen LogP contribution in [0.4, 0.5) is 10.1 Å². The van der Waals surface area contributed by atoms with Gasteiger partial charge in [-0.3, -0.25) is 9.59 Å². The van der Waals surface area contributed by atoms with Crippen LogP contribution in [-0.4, -0.2) is 18.4 Å². The van der Waals surface area contributed by atoms with Crippen LogP contribution in [0.2, 0.25) is 0 Å². The molecule has 0 aliphatic carbocycles. The Balaban J connectivity index is 1.65. The fourth-order valence-corrected chi connectivity index (χ4v) is 3.05. The molecule has 0 unspecified atom stereocenters. The van der Waals surface area contributed by atoms with Gasteiger partial charge in [0.15, 0.2) is 0 Å². The number of benzene rings is 2. The van der Waals surface area contributed by atoms with Gasteiger partial charge in [0, 0.05) is 24.1 Å². The van der Waals surface area contributed by atoms with Crippen molar-refractivity contribution in [3.05, 3.63) is 64.5 Å². The highest BCUT2D eigenvalue weighted by atomic mass is 19.1. The standard InChI is InChI=1S/C22H26FN3O2/c1-22(2,3)21(28)25-12-14-4-6-15(7-5-14)20(27)26-18-9-8-16-13-24-11-10-17(16)19(18)23/h4-9,24H,10-13H2,1-3H3,(H,25,28)(H,26,27). The fraction of sp³-hybridized carbons (Fsp3) is 0.364. The quantitative estimate of drug-likeness (QED) is 0.758. The molecule has 1 aliphatic heterocycles. The van der Waals surface area contributed by atoms with Crippen molar-refractivity contribution in [2.75, 3.05) is 11.9 Å². The first-order valence-electron chi connectivity index (χ1n) is 9.45. The number of carbonyl (C=O) groups excluding carboxylic acids is 2. The summed E-state index contributed by atoms with van der Waals surface area (Å²) in [5, 5.41) is 8.74. The Kier molecular flexibility index (Phi) is 5.79. The second-order valence-electron chi connectivity index (χ2n) is 8.08. The third-order valence-corrected chi connectivity index (χ3v) is 4.81. The molecule has 28 heavy (non-hydrogen) atoms. The Morgan fingerprint density at radius 3 is 2.50 bits per heavy atom. The minimum absolute atomic E-state index is 0.0348. The molecule has 0 fully saturated rings. The molecule has 0 aromatic heterocycles. The first kappa shape index (κ1) is 20.0. The zero-order valence-corrected chi connectivity index (χ0v) is 16.5. The van der Waals surface area contributed by atoms with Crippen LogP contribution >= 0.6 is 0 Å². The lowest BCUT2D eigenvalue weighted by molar-refractivity contribution is -0.128. The van der Waals surface area contributed by atoms with E-state index >= 15 is 0 Å². The van der Waals surface area contributed by atoms with Crippen LogP contribution < -0.4 is 16.0 Å². The zero-order valence-electron chi connectivity index (χ0n) is 16.5. The number of halogens is 1. The van der Waals surface area contributed by atoms with E-state index in [2.05, 4.69) is 16.0 Å². The van der Waals surface area contributed by atoms with Crippen molar-refractivity contribution in [3.63, 3.8) is 0 Å². The Labute approximate surface area is 164 Å². The number of anilines is 1. The van der Waals surface area contributed by atoms with Crippen molar-refractivity contribution in [2.45, 2.75) is 40.3 Å². The first-order chi connectivity index (χ1) is 13.3. The van der Waals surface area contributed by atoms with E-state index in [1.807, 2.05) is 26.8 Å². The SMILES string of the molecule is CC(C)(C)C(=O)NCc1ccc(C(=O)Nc2ccc3c(c2F)CCNC3)cc1. The highest BCUT2D eigenvalue weighted by Crippen LogP contribution is 2.25. The molecule has 0 atom stereocenters. The molecule has 5 nitrogen and oxygen atoms in total. The van der Waals surface area contributed by atoms with Gasteiger partial charge < -0.3 is 16.0 Å². The van der Waals surface area contributed by atoms with E-state index < -0.39 is 5.41 Å². The minimum Gasteiger partial charge on any atom is -0.352 e. The predicted molar refractivity (Wildman–Crippen MR) is 108 cm³/mol. The van der Waals surface area contributed by atoms with E-state index in [1.54, 1.807) is 30.3 Å². The van der Waals surface area contributed by atoms with Gasteiger partial charge in [0.2, 0.25) is 5.91 Å². The fourth-order valence-electron chi connectivity index (χ4n) is 3.05. The molecule has 148 valence electrons. The van der Waals surface area contributed by atoms with E-state index in [0.717, 1.165) is 17.7 Å². The number of carbonyl (C=O) groups is 2. The Hall–Kier alpha value is -2.73. The molecular weight excluding hydrogens is 357 g/mol. The summed E-state index contributed by atoms with van der Waals surface area (Å²) in [6, 6.07) is 10.4. The summed E-state index contributed by atoms with van der Waals surface area (Å²) in [6.07, 6.45) is 0.611. The lowest BCUT2D eigenvalue weighted by Crippen LogP contribution is -2.34. The van der Waals surface area contributed by atoms with Crippen molar-refractivity contribution in [1.82, 2.24) is 10.6 Å². The van der Waals surface area contributed by atoms with Gasteiger partial charge in [-0.2, -0.15) is 0 Å². The van der Waals surface area contributed by atoms with Gasteiger partial charge >= 0.3 is 0 Å². The summed E-state index contributed by atoms with van der Waals surface area (Å²) in [5.41, 5.74) is 2.68. The van der Waals surface area contributed by atoms with Crippen molar-refractivity contribution in [1.29, 1.82) is 0 Å². The van der Waals surface area contributed by atoms with E-state index in [9.17, 15) is 14.0 Å². The average Bonchev–Trinajstić information content (AvgIpc) is 2.68. The molecule has 6 heteroatoms. The number of amides is 2. The molecule has 1 aliphatic rings. The molecular formula is C22H26FN3O2. The maximum absolute atomic E-state index is 14.7. The molecule has 2 aromatic carbocycles. The van der Waals surface area contributed by atoms with Gasteiger partial charge in [-0.1, -0.05) is 39.0 Å². The Morgan fingerprint density at radius 2 is 1.82 bits per heavy atom. The van der Waals surface area contributed by atoms with Crippen LogP contribution in [0.5, 0.6) is 0 Å². The second-order valence-corrected chi connectivity index (χ2v) is 8.08. The highest BCUT2D eigenvalue weighted by Gasteiger charge is 2.21. The number of rotatable bonds is 4. The molecule has 2 aromatic rings. The van der Waals surface area contributed by atoms with Crippen LogP contribution in [0.1, 0.15) is 47.8 Å². The van der Waals surface area contributed by atoms with E-state index in [0.29, 0.717) is 30.6 Å². The second kappa shape index (κ2) is 8.10. The van der Waals surface area contributed by atoms with Gasteiger partial charge in [-0.25, -0.2) is 4.39 Å². The zero-order chi connectivity index (χ0) is 20.3. The maximum Gasteiger partial charge on any atom is 0.255 e. The molecule has 0 bridgehead atoms. The lowest BCUT2D eigenvalue weighted by atomic mass is 9.95. The van der Waals surface area contributed by atoms with Gasteiger partial charge in [0.25, 0.3) is 5.91 Å². The molecule has 3 rings (SSSR count). The predicted octanol–water partition coefficient (Wildman–Crippen LogP) is 3.39. The third kappa shape index (κ3) is 4.57. The van der Waals surface area contributed by atoms with Gasteiger partial charge in [0.1, 0.15) is 5.82 Å². The number of hydrogen-bond donors (Lipinski definition) is 3. The van der Waals surface area contributed by atoms with Crippen LogP contribution in [0.25, 0.3) is 0 Å².